The summed E-state index contributed by atoms with van der Waals surface area (Å²) >= 11 is 0. The second-order valence-corrected chi connectivity index (χ2v) is 18.6. The van der Waals surface area contributed by atoms with E-state index >= 15 is 0 Å². The molecular weight excluding hydrogens is 771 g/mol. The Kier molecular flexibility index (Phi) is 9.15. The fourth-order valence-electron chi connectivity index (χ4n) is 11.1. The number of hydrogen-bond acceptors (Lipinski definition) is 11. The number of benzene rings is 2. The third-order valence-corrected chi connectivity index (χ3v) is 14.8. The van der Waals surface area contributed by atoms with Gasteiger partial charge in [0.2, 0.25) is 17.7 Å². The number of aromatic nitrogens is 3. The summed E-state index contributed by atoms with van der Waals surface area (Å²) in [7, 11) is 2.30. The van der Waals surface area contributed by atoms with E-state index in [9.17, 15) is 19.2 Å². The standard InChI is InChI=1S/C47H51N9O5/c1-52(32-18-34(19-32)61-43-17-29-12-16-55(40(29)25-50-43)41-21-36-30(24-49-41)3-2-4-38(36)48)33-22-47(23-33)26-53(27-47)13-9-28-10-14-54(15-11-28)31-5-6-35-37(20-31)46(60)56(45(35)59)39-7-8-42(57)51-44(39)58/h2-6,12,16-17,20-21,24-25,28,32-34,39H,7-11,13-15,18-19,22-23,26-27,48H2,1H3,(H,51,57,58). The molecule has 11 rings (SSSR count). The van der Waals surface area contributed by atoms with Gasteiger partial charge in [-0.3, -0.25) is 34.0 Å². The summed E-state index contributed by atoms with van der Waals surface area (Å²) in [6.45, 7) is 5.40. The predicted octanol–water partition coefficient (Wildman–Crippen LogP) is 5.17. The Hall–Kier alpha value is -5.86. The van der Waals surface area contributed by atoms with Crippen molar-refractivity contribution in [2.75, 3.05) is 50.4 Å². The third kappa shape index (κ3) is 6.71. The topological polar surface area (TPSA) is 159 Å². The minimum atomic E-state index is -0.949. The van der Waals surface area contributed by atoms with Crippen LogP contribution in [0.4, 0.5) is 11.4 Å². The molecule has 6 aliphatic rings. The molecular formula is C47H51N9O5. The number of fused-ring (bicyclic) bond motifs is 3. The number of nitrogen functional groups attached to an aromatic ring is 1. The number of carbonyl (C=O) groups is 4. The van der Waals surface area contributed by atoms with Gasteiger partial charge in [0.15, 0.2) is 0 Å². The largest absolute Gasteiger partial charge is 0.474 e. The van der Waals surface area contributed by atoms with Gasteiger partial charge in [-0.2, -0.15) is 0 Å². The number of anilines is 2. The summed E-state index contributed by atoms with van der Waals surface area (Å²) < 4.78 is 8.41. The first-order valence-corrected chi connectivity index (χ1v) is 21.9. The molecule has 4 amide bonds. The molecule has 3 N–H and O–H groups in total. The Balaban J connectivity index is 0.601. The Labute approximate surface area is 354 Å². The van der Waals surface area contributed by atoms with Crippen LogP contribution in [0.1, 0.15) is 78.5 Å². The summed E-state index contributed by atoms with van der Waals surface area (Å²) in [4.78, 5) is 68.5. The highest BCUT2D eigenvalue weighted by Gasteiger charge is 2.54. The minimum Gasteiger partial charge on any atom is -0.474 e. The monoisotopic (exact) mass is 821 g/mol. The number of piperidine rings is 2. The van der Waals surface area contributed by atoms with Crippen molar-refractivity contribution >= 4 is 56.7 Å². The number of hydrogen-bond donors (Lipinski definition) is 2. The molecule has 5 aromatic rings. The average molecular weight is 822 g/mol. The highest BCUT2D eigenvalue weighted by atomic mass is 16.5. The van der Waals surface area contributed by atoms with Crippen molar-refractivity contribution < 1.29 is 23.9 Å². The van der Waals surface area contributed by atoms with Crippen LogP contribution >= 0.6 is 0 Å². The molecule has 61 heavy (non-hydrogen) atoms. The van der Waals surface area contributed by atoms with E-state index < -0.39 is 23.8 Å². The van der Waals surface area contributed by atoms with Gasteiger partial charge in [0.05, 0.1) is 22.8 Å². The highest BCUT2D eigenvalue weighted by molar-refractivity contribution is 6.23. The fourth-order valence-corrected chi connectivity index (χ4v) is 11.1. The second kappa shape index (κ2) is 14.7. The molecule has 2 aliphatic carbocycles. The molecule has 14 nitrogen and oxygen atoms in total. The number of ether oxygens (including phenoxy) is 1. The summed E-state index contributed by atoms with van der Waals surface area (Å²) in [6, 6.07) is 17.7. The molecule has 0 bridgehead atoms. The van der Waals surface area contributed by atoms with Gasteiger partial charge in [-0.25, -0.2) is 9.97 Å². The van der Waals surface area contributed by atoms with E-state index in [-0.39, 0.29) is 24.9 Å². The lowest BCUT2D eigenvalue weighted by atomic mass is 9.59. The van der Waals surface area contributed by atoms with Crippen molar-refractivity contribution in [3.63, 3.8) is 0 Å². The SMILES string of the molecule is CN(C1CC(Oc2cc3ccn(-c4cc5c(N)cccc5cn4)c3cn2)C1)C1CC2(C1)CN(CCC1CCN(c3ccc4c(c3)C(=O)N(C3CCC(=O)NC3=O)C4=O)CC1)C2. The first-order chi connectivity index (χ1) is 29.6. The molecule has 3 aromatic heterocycles. The normalized spacial score (nSPS) is 24.3. The van der Waals surface area contributed by atoms with E-state index in [1.54, 1.807) is 6.07 Å². The molecule has 4 aliphatic heterocycles. The molecule has 7 heterocycles. The molecule has 1 atom stereocenters. The number of carbonyl (C=O) groups excluding carboxylic acids is 4. The van der Waals surface area contributed by atoms with Crippen LogP contribution in [0.15, 0.2) is 73.2 Å². The highest BCUT2D eigenvalue weighted by Crippen LogP contribution is 2.51. The van der Waals surface area contributed by atoms with Crippen molar-refractivity contribution in [1.29, 1.82) is 0 Å². The van der Waals surface area contributed by atoms with Crippen molar-refractivity contribution in [3.05, 3.63) is 84.3 Å². The van der Waals surface area contributed by atoms with Gasteiger partial charge in [-0.1, -0.05) is 12.1 Å². The van der Waals surface area contributed by atoms with Crippen LogP contribution in [-0.4, -0.2) is 117 Å². The maximum absolute atomic E-state index is 13.3. The molecule has 1 unspecified atom stereocenters. The van der Waals surface area contributed by atoms with Gasteiger partial charge in [0.25, 0.3) is 11.8 Å². The number of amides is 4. The van der Waals surface area contributed by atoms with Gasteiger partial charge < -0.3 is 25.2 Å². The first kappa shape index (κ1) is 38.1. The average Bonchev–Trinajstić information content (AvgIpc) is 3.75. The number of likely N-dealkylation sites (tertiary alicyclic amines) is 1. The summed E-state index contributed by atoms with van der Waals surface area (Å²) in [5, 5.41) is 5.33. The number of pyridine rings is 2. The van der Waals surface area contributed by atoms with Gasteiger partial charge in [-0.05, 0) is 99.8 Å². The third-order valence-electron chi connectivity index (χ3n) is 14.8. The zero-order valence-corrected chi connectivity index (χ0v) is 34.5. The molecule has 2 aromatic carbocycles. The lowest BCUT2D eigenvalue weighted by Crippen LogP contribution is -2.67. The maximum Gasteiger partial charge on any atom is 0.262 e. The van der Waals surface area contributed by atoms with Crippen LogP contribution in [0, 0.1) is 11.3 Å². The van der Waals surface area contributed by atoms with Crippen LogP contribution in [0.2, 0.25) is 0 Å². The number of nitrogens with one attached hydrogen (secondary N) is 1. The summed E-state index contributed by atoms with van der Waals surface area (Å²) in [5.74, 6) is 0.273. The number of imide groups is 2. The van der Waals surface area contributed by atoms with E-state index in [0.717, 1.165) is 89.1 Å². The molecule has 2 saturated carbocycles. The van der Waals surface area contributed by atoms with Crippen molar-refractivity contribution in [2.45, 2.75) is 82.0 Å². The lowest BCUT2D eigenvalue weighted by molar-refractivity contribution is -0.136. The van der Waals surface area contributed by atoms with Gasteiger partial charge >= 0.3 is 0 Å². The van der Waals surface area contributed by atoms with E-state index in [0.29, 0.717) is 40.4 Å². The zero-order valence-electron chi connectivity index (χ0n) is 34.5. The molecule has 14 heteroatoms. The number of nitrogens with zero attached hydrogens (tertiary/aromatic N) is 7. The fraction of sp³-hybridized carbons (Fsp3) is 0.447. The smallest absolute Gasteiger partial charge is 0.262 e. The van der Waals surface area contributed by atoms with E-state index in [1.165, 1.54) is 32.4 Å². The Bertz CT molecular complexity index is 2600. The first-order valence-electron chi connectivity index (χ1n) is 21.9. The maximum atomic E-state index is 13.3. The van der Waals surface area contributed by atoms with Crippen LogP contribution in [0.25, 0.3) is 27.5 Å². The Morgan fingerprint density at radius 3 is 2.49 bits per heavy atom. The van der Waals surface area contributed by atoms with Gasteiger partial charge in [0, 0.05) is 104 Å². The van der Waals surface area contributed by atoms with E-state index in [4.69, 9.17) is 10.5 Å². The van der Waals surface area contributed by atoms with Gasteiger partial charge in [-0.15, -0.1) is 0 Å². The summed E-state index contributed by atoms with van der Waals surface area (Å²) in [6.07, 6.45) is 14.3. The van der Waals surface area contributed by atoms with Crippen molar-refractivity contribution in [3.8, 4) is 11.7 Å². The van der Waals surface area contributed by atoms with Crippen molar-refractivity contribution in [1.82, 2.24) is 34.6 Å². The van der Waals surface area contributed by atoms with E-state index in [2.05, 4.69) is 43.1 Å². The number of rotatable bonds is 10. The molecule has 5 fully saturated rings. The van der Waals surface area contributed by atoms with Crippen LogP contribution in [0.5, 0.6) is 5.88 Å². The Morgan fingerprint density at radius 1 is 0.885 bits per heavy atom. The zero-order chi connectivity index (χ0) is 41.6. The summed E-state index contributed by atoms with van der Waals surface area (Å²) in [5.41, 5.74) is 10.1. The van der Waals surface area contributed by atoms with E-state index in [1.807, 2.05) is 65.6 Å². The van der Waals surface area contributed by atoms with Crippen LogP contribution in [0.3, 0.4) is 0 Å². The number of nitrogens with two attached hydrogens (primary N) is 1. The quantitative estimate of drug-likeness (QED) is 0.142. The predicted molar refractivity (Wildman–Crippen MR) is 231 cm³/mol. The van der Waals surface area contributed by atoms with Crippen LogP contribution in [-0.2, 0) is 9.59 Å². The van der Waals surface area contributed by atoms with Crippen molar-refractivity contribution in [2.24, 2.45) is 11.3 Å². The molecule has 0 radical (unpaired) electrons. The van der Waals surface area contributed by atoms with Crippen LogP contribution < -0.4 is 20.7 Å². The molecule has 1 spiro atoms. The lowest BCUT2D eigenvalue weighted by Gasteiger charge is -2.62. The van der Waals surface area contributed by atoms with Gasteiger partial charge in [0.1, 0.15) is 18.0 Å². The molecule has 3 saturated heterocycles. The minimum absolute atomic E-state index is 0.110. The second-order valence-electron chi connectivity index (χ2n) is 18.6. The molecule has 314 valence electrons. The Morgan fingerprint density at radius 2 is 1.69 bits per heavy atom.